The molecule has 0 aliphatic carbocycles. The van der Waals surface area contributed by atoms with Gasteiger partial charge in [0.25, 0.3) is 0 Å². The summed E-state index contributed by atoms with van der Waals surface area (Å²) in [7, 11) is 0. The van der Waals surface area contributed by atoms with E-state index in [1.165, 1.54) is 17.3 Å². The number of aryl methyl sites for hydroxylation is 1. The fourth-order valence-corrected chi connectivity index (χ4v) is 4.38. The van der Waals surface area contributed by atoms with Crippen LogP contribution in [0.2, 0.25) is 0 Å². The van der Waals surface area contributed by atoms with Crippen molar-refractivity contribution in [3.8, 4) is 5.69 Å². The number of carbonyl (C=O) groups excluding carboxylic acids is 1. The maximum atomic E-state index is 12.8. The van der Waals surface area contributed by atoms with Gasteiger partial charge in [-0.2, -0.15) is 0 Å². The predicted octanol–water partition coefficient (Wildman–Crippen LogP) is 3.67. The SMILES string of the molecule is Cc1cccc(-n2c(S[C@H](C)C(=O)N3CCOCC3)nc3ccccc32)c1. The molecule has 1 amide bonds. The predicted molar refractivity (Wildman–Crippen MR) is 109 cm³/mol. The van der Waals surface area contributed by atoms with E-state index in [9.17, 15) is 4.79 Å². The van der Waals surface area contributed by atoms with Crippen molar-refractivity contribution in [3.63, 3.8) is 0 Å². The lowest BCUT2D eigenvalue weighted by atomic mass is 10.2. The van der Waals surface area contributed by atoms with Gasteiger partial charge in [-0.05, 0) is 43.7 Å². The summed E-state index contributed by atoms with van der Waals surface area (Å²) < 4.78 is 7.51. The van der Waals surface area contributed by atoms with Crippen LogP contribution in [0, 0.1) is 6.92 Å². The Morgan fingerprint density at radius 2 is 1.93 bits per heavy atom. The number of amides is 1. The van der Waals surface area contributed by atoms with Crippen LogP contribution >= 0.6 is 11.8 Å². The number of thioether (sulfide) groups is 1. The van der Waals surface area contributed by atoms with Crippen molar-refractivity contribution in [2.24, 2.45) is 0 Å². The molecule has 0 N–H and O–H groups in total. The first-order valence-corrected chi connectivity index (χ1v) is 10.1. The Morgan fingerprint density at radius 1 is 1.15 bits per heavy atom. The maximum absolute atomic E-state index is 12.8. The standard InChI is InChI=1S/C21H23N3O2S/c1-15-6-5-7-17(14-15)24-19-9-4-3-8-18(19)22-21(24)27-16(2)20(25)23-10-12-26-13-11-23/h3-9,14,16H,10-13H2,1-2H3/t16-/m1/s1. The number of aromatic nitrogens is 2. The van der Waals surface area contributed by atoms with Crippen molar-refractivity contribution in [3.05, 3.63) is 54.1 Å². The molecule has 27 heavy (non-hydrogen) atoms. The third-order valence-corrected chi connectivity index (χ3v) is 5.78. The van der Waals surface area contributed by atoms with Crippen LogP contribution in [-0.2, 0) is 9.53 Å². The van der Waals surface area contributed by atoms with Crippen LogP contribution in [0.4, 0.5) is 0 Å². The monoisotopic (exact) mass is 381 g/mol. The van der Waals surface area contributed by atoms with E-state index in [1.807, 2.05) is 30.0 Å². The molecule has 1 saturated heterocycles. The summed E-state index contributed by atoms with van der Waals surface area (Å²) in [6.07, 6.45) is 0. The highest BCUT2D eigenvalue weighted by atomic mass is 32.2. The minimum atomic E-state index is -0.205. The van der Waals surface area contributed by atoms with Crippen molar-refractivity contribution in [1.82, 2.24) is 14.5 Å². The third-order valence-electron chi connectivity index (χ3n) is 4.74. The zero-order chi connectivity index (χ0) is 18.8. The topological polar surface area (TPSA) is 47.4 Å². The maximum Gasteiger partial charge on any atom is 0.236 e. The van der Waals surface area contributed by atoms with Gasteiger partial charge in [0.05, 0.1) is 29.5 Å². The number of benzene rings is 2. The van der Waals surface area contributed by atoms with Gasteiger partial charge in [0.1, 0.15) is 0 Å². The second kappa shape index (κ2) is 7.74. The van der Waals surface area contributed by atoms with E-state index in [0.717, 1.165) is 21.9 Å². The molecule has 140 valence electrons. The summed E-state index contributed by atoms with van der Waals surface area (Å²) in [6, 6.07) is 16.5. The smallest absolute Gasteiger partial charge is 0.236 e. The van der Waals surface area contributed by atoms with Crippen LogP contribution in [-0.4, -0.2) is 51.9 Å². The molecule has 1 aromatic heterocycles. The number of nitrogens with zero attached hydrogens (tertiary/aromatic N) is 3. The molecule has 1 aliphatic rings. The Balaban J connectivity index is 1.69. The van der Waals surface area contributed by atoms with Crippen LogP contribution in [0.1, 0.15) is 12.5 Å². The minimum Gasteiger partial charge on any atom is -0.378 e. The number of hydrogen-bond acceptors (Lipinski definition) is 4. The van der Waals surface area contributed by atoms with Crippen molar-refractivity contribution in [1.29, 1.82) is 0 Å². The number of imidazole rings is 1. The van der Waals surface area contributed by atoms with Crippen molar-refractivity contribution in [2.75, 3.05) is 26.3 Å². The van der Waals surface area contributed by atoms with Gasteiger partial charge in [-0.1, -0.05) is 36.0 Å². The average molecular weight is 382 g/mol. The van der Waals surface area contributed by atoms with E-state index >= 15 is 0 Å². The number of para-hydroxylation sites is 2. The number of hydrogen-bond donors (Lipinski definition) is 0. The highest BCUT2D eigenvalue weighted by Crippen LogP contribution is 2.31. The molecule has 2 heterocycles. The minimum absolute atomic E-state index is 0.145. The summed E-state index contributed by atoms with van der Waals surface area (Å²) in [5, 5.41) is 0.638. The van der Waals surface area contributed by atoms with E-state index in [0.29, 0.717) is 26.3 Å². The lowest BCUT2D eigenvalue weighted by Gasteiger charge is -2.29. The molecule has 6 heteroatoms. The molecule has 1 fully saturated rings. The first-order chi connectivity index (χ1) is 13.1. The number of fused-ring (bicyclic) bond motifs is 1. The lowest BCUT2D eigenvalue weighted by Crippen LogP contribution is -2.44. The molecule has 0 radical (unpaired) electrons. The first-order valence-electron chi connectivity index (χ1n) is 9.21. The normalized spacial score (nSPS) is 15.9. The van der Waals surface area contributed by atoms with E-state index < -0.39 is 0 Å². The van der Waals surface area contributed by atoms with Gasteiger partial charge >= 0.3 is 0 Å². The quantitative estimate of drug-likeness (QED) is 0.647. The molecule has 2 aromatic carbocycles. The van der Waals surface area contributed by atoms with Crippen molar-refractivity contribution >= 4 is 28.7 Å². The van der Waals surface area contributed by atoms with Crippen LogP contribution in [0.25, 0.3) is 16.7 Å². The Labute approximate surface area is 163 Å². The number of morpholine rings is 1. The highest BCUT2D eigenvalue weighted by Gasteiger charge is 2.25. The molecular weight excluding hydrogens is 358 g/mol. The van der Waals surface area contributed by atoms with Gasteiger partial charge in [0.2, 0.25) is 5.91 Å². The van der Waals surface area contributed by atoms with Crippen LogP contribution in [0.3, 0.4) is 0 Å². The van der Waals surface area contributed by atoms with Gasteiger partial charge in [0, 0.05) is 18.8 Å². The number of ether oxygens (including phenoxy) is 1. The molecular formula is C21H23N3O2S. The van der Waals surface area contributed by atoms with Gasteiger partial charge in [0.15, 0.2) is 5.16 Å². The van der Waals surface area contributed by atoms with E-state index in [4.69, 9.17) is 9.72 Å². The molecule has 0 spiro atoms. The zero-order valence-corrected chi connectivity index (χ0v) is 16.4. The average Bonchev–Trinajstić information content (AvgIpc) is 3.05. The molecule has 0 unspecified atom stereocenters. The molecule has 1 aliphatic heterocycles. The molecule has 5 nitrogen and oxygen atoms in total. The molecule has 4 rings (SSSR count). The lowest BCUT2D eigenvalue weighted by molar-refractivity contribution is -0.134. The van der Waals surface area contributed by atoms with Gasteiger partial charge < -0.3 is 9.64 Å². The largest absolute Gasteiger partial charge is 0.378 e. The van der Waals surface area contributed by atoms with Crippen LogP contribution in [0.15, 0.2) is 53.7 Å². The molecule has 0 saturated carbocycles. The molecule has 3 aromatic rings. The Kier molecular flexibility index (Phi) is 5.18. The van der Waals surface area contributed by atoms with Gasteiger partial charge in [-0.3, -0.25) is 9.36 Å². The first kappa shape index (κ1) is 18.1. The Bertz CT molecular complexity index is 963. The Hall–Kier alpha value is -2.31. The van der Waals surface area contributed by atoms with E-state index in [2.05, 4.69) is 41.8 Å². The fourth-order valence-electron chi connectivity index (χ4n) is 3.35. The number of carbonyl (C=O) groups is 1. The van der Waals surface area contributed by atoms with Gasteiger partial charge in [-0.15, -0.1) is 0 Å². The summed E-state index contributed by atoms with van der Waals surface area (Å²) in [5.74, 6) is 0.145. The van der Waals surface area contributed by atoms with E-state index in [-0.39, 0.29) is 11.2 Å². The molecule has 1 atom stereocenters. The summed E-state index contributed by atoms with van der Waals surface area (Å²) in [4.78, 5) is 19.5. The third kappa shape index (κ3) is 3.73. The van der Waals surface area contributed by atoms with E-state index in [1.54, 1.807) is 0 Å². The highest BCUT2D eigenvalue weighted by molar-refractivity contribution is 8.00. The van der Waals surface area contributed by atoms with Crippen molar-refractivity contribution in [2.45, 2.75) is 24.3 Å². The molecule has 0 bridgehead atoms. The van der Waals surface area contributed by atoms with Gasteiger partial charge in [-0.25, -0.2) is 4.98 Å². The second-order valence-electron chi connectivity index (χ2n) is 6.76. The summed E-state index contributed by atoms with van der Waals surface area (Å²) in [5.41, 5.74) is 4.25. The number of rotatable bonds is 4. The van der Waals surface area contributed by atoms with Crippen LogP contribution < -0.4 is 0 Å². The summed E-state index contributed by atoms with van der Waals surface area (Å²) in [6.45, 7) is 6.61. The zero-order valence-electron chi connectivity index (χ0n) is 15.6. The Morgan fingerprint density at radius 3 is 2.70 bits per heavy atom. The second-order valence-corrected chi connectivity index (χ2v) is 8.06. The van der Waals surface area contributed by atoms with Crippen LogP contribution in [0.5, 0.6) is 0 Å². The summed E-state index contributed by atoms with van der Waals surface area (Å²) >= 11 is 1.52. The fraction of sp³-hybridized carbons (Fsp3) is 0.333. The van der Waals surface area contributed by atoms with Crippen molar-refractivity contribution < 1.29 is 9.53 Å².